The van der Waals surface area contributed by atoms with Crippen LogP contribution >= 0.6 is 0 Å². The fourth-order valence-electron chi connectivity index (χ4n) is 2.77. The largest absolute Gasteiger partial charge is 0.322 e. The number of nitrogens with two attached hydrogens (primary N) is 1. The smallest absolute Gasteiger partial charge is 0.271 e. The molecule has 6 nitrogen and oxygen atoms in total. The lowest BCUT2D eigenvalue weighted by molar-refractivity contribution is -0.384. The number of non-ortho nitro benzene ring substituents is 1. The first-order valence-corrected chi connectivity index (χ1v) is 6.86. The minimum Gasteiger partial charge on any atom is -0.322 e. The van der Waals surface area contributed by atoms with Crippen molar-refractivity contribution in [2.45, 2.75) is 38.1 Å². The van der Waals surface area contributed by atoms with Gasteiger partial charge in [-0.25, -0.2) is 4.39 Å². The molecule has 1 fully saturated rings. The zero-order valence-electron chi connectivity index (χ0n) is 11.8. The van der Waals surface area contributed by atoms with Crippen molar-refractivity contribution in [1.82, 2.24) is 0 Å². The van der Waals surface area contributed by atoms with Gasteiger partial charge in [-0.2, -0.15) is 0 Å². The molecule has 7 heteroatoms. The first-order valence-electron chi connectivity index (χ1n) is 6.86. The Balaban J connectivity index is 2.19. The number of rotatable bonds is 3. The van der Waals surface area contributed by atoms with E-state index in [9.17, 15) is 19.3 Å². The molecular weight excluding hydrogens is 277 g/mol. The van der Waals surface area contributed by atoms with Crippen molar-refractivity contribution in [3.8, 4) is 0 Å². The second kappa shape index (κ2) is 5.77. The van der Waals surface area contributed by atoms with E-state index in [1.165, 1.54) is 0 Å². The number of carbonyl (C=O) groups excluding carboxylic acids is 1. The van der Waals surface area contributed by atoms with Gasteiger partial charge < -0.3 is 11.1 Å². The van der Waals surface area contributed by atoms with Crippen LogP contribution in [0.25, 0.3) is 0 Å². The highest BCUT2D eigenvalue weighted by atomic mass is 19.1. The second-order valence-corrected chi connectivity index (χ2v) is 5.73. The van der Waals surface area contributed by atoms with Gasteiger partial charge in [0.1, 0.15) is 5.82 Å². The molecular formula is C14H18FN3O3. The number of nitrogens with zero attached hydrogens (tertiary/aromatic N) is 1. The molecule has 21 heavy (non-hydrogen) atoms. The molecule has 0 heterocycles. The Kier molecular flexibility index (Phi) is 4.22. The summed E-state index contributed by atoms with van der Waals surface area (Å²) in [6.07, 6.45) is 2.90. The number of anilines is 1. The van der Waals surface area contributed by atoms with Crippen LogP contribution in [0.4, 0.5) is 15.8 Å². The highest BCUT2D eigenvalue weighted by Crippen LogP contribution is 2.32. The standard InChI is InChI=1S/C14H18FN3O3/c1-9-3-2-6-14(16,8-9)13(19)17-12-7-10(18(20)21)4-5-11(12)15/h4-5,7,9H,2-3,6,8,16H2,1H3,(H,17,19). The van der Waals surface area contributed by atoms with E-state index < -0.39 is 22.2 Å². The highest BCUT2D eigenvalue weighted by molar-refractivity contribution is 5.98. The topological polar surface area (TPSA) is 98.3 Å². The van der Waals surface area contributed by atoms with E-state index in [4.69, 9.17) is 5.73 Å². The maximum absolute atomic E-state index is 13.7. The summed E-state index contributed by atoms with van der Waals surface area (Å²) in [6, 6.07) is 3.01. The predicted molar refractivity (Wildman–Crippen MR) is 76.2 cm³/mol. The Hall–Kier alpha value is -2.02. The summed E-state index contributed by atoms with van der Waals surface area (Å²) in [7, 11) is 0. The number of nitro groups is 1. The van der Waals surface area contributed by atoms with Gasteiger partial charge in [-0.1, -0.05) is 19.8 Å². The molecule has 0 saturated heterocycles. The van der Waals surface area contributed by atoms with Gasteiger partial charge in [-0.15, -0.1) is 0 Å². The van der Waals surface area contributed by atoms with Gasteiger partial charge in [0.15, 0.2) is 0 Å². The summed E-state index contributed by atoms with van der Waals surface area (Å²) < 4.78 is 13.7. The summed E-state index contributed by atoms with van der Waals surface area (Å²) in [4.78, 5) is 22.4. The van der Waals surface area contributed by atoms with Gasteiger partial charge >= 0.3 is 0 Å². The van der Waals surface area contributed by atoms with Gasteiger partial charge in [0, 0.05) is 12.1 Å². The van der Waals surface area contributed by atoms with Crippen molar-refractivity contribution < 1.29 is 14.1 Å². The summed E-state index contributed by atoms with van der Waals surface area (Å²) in [5.41, 5.74) is 4.58. The van der Waals surface area contributed by atoms with Gasteiger partial charge in [0.05, 0.1) is 16.1 Å². The molecule has 3 N–H and O–H groups in total. The van der Waals surface area contributed by atoms with Crippen LogP contribution in [-0.4, -0.2) is 16.4 Å². The molecule has 1 aliphatic rings. The summed E-state index contributed by atoms with van der Waals surface area (Å²) >= 11 is 0. The number of halogens is 1. The lowest BCUT2D eigenvalue weighted by Crippen LogP contribution is -2.53. The van der Waals surface area contributed by atoms with Crippen molar-refractivity contribution in [1.29, 1.82) is 0 Å². The molecule has 0 spiro atoms. The Morgan fingerprint density at radius 2 is 2.29 bits per heavy atom. The average molecular weight is 295 g/mol. The number of nitrogens with one attached hydrogen (secondary N) is 1. The lowest BCUT2D eigenvalue weighted by Gasteiger charge is -2.35. The van der Waals surface area contributed by atoms with E-state index in [0.29, 0.717) is 18.8 Å². The maximum atomic E-state index is 13.7. The zero-order chi connectivity index (χ0) is 15.6. The van der Waals surface area contributed by atoms with E-state index in [1.54, 1.807) is 0 Å². The Labute approximate surface area is 121 Å². The van der Waals surface area contributed by atoms with Crippen LogP contribution in [0.5, 0.6) is 0 Å². The molecule has 0 radical (unpaired) electrons. The first-order chi connectivity index (χ1) is 9.82. The molecule has 2 rings (SSSR count). The number of carbonyl (C=O) groups is 1. The molecule has 1 amide bonds. The van der Waals surface area contributed by atoms with Gasteiger partial charge in [0.2, 0.25) is 5.91 Å². The SMILES string of the molecule is CC1CCCC(N)(C(=O)Nc2cc([N+](=O)[O-])ccc2F)C1. The number of hydrogen-bond donors (Lipinski definition) is 2. The van der Waals surface area contributed by atoms with Crippen molar-refractivity contribution in [2.75, 3.05) is 5.32 Å². The molecule has 1 aromatic carbocycles. The Morgan fingerprint density at radius 3 is 2.90 bits per heavy atom. The summed E-state index contributed by atoms with van der Waals surface area (Å²) in [5, 5.41) is 13.1. The van der Waals surface area contributed by atoms with Gasteiger partial charge in [-0.3, -0.25) is 14.9 Å². The van der Waals surface area contributed by atoms with Crippen LogP contribution in [0.3, 0.4) is 0 Å². The summed E-state index contributed by atoms with van der Waals surface area (Å²) in [6.45, 7) is 2.02. The Bertz CT molecular complexity index is 579. The quantitative estimate of drug-likeness (QED) is 0.661. The van der Waals surface area contributed by atoms with Crippen LogP contribution in [0.15, 0.2) is 18.2 Å². The zero-order valence-corrected chi connectivity index (χ0v) is 11.8. The fourth-order valence-corrected chi connectivity index (χ4v) is 2.77. The Morgan fingerprint density at radius 1 is 1.57 bits per heavy atom. The van der Waals surface area contributed by atoms with Crippen molar-refractivity contribution >= 4 is 17.3 Å². The molecule has 0 aliphatic heterocycles. The van der Waals surface area contributed by atoms with Crippen LogP contribution in [0.2, 0.25) is 0 Å². The normalized spacial score (nSPS) is 25.4. The monoisotopic (exact) mass is 295 g/mol. The molecule has 1 aromatic rings. The van der Waals surface area contributed by atoms with Crippen molar-refractivity contribution in [2.24, 2.45) is 11.7 Å². The third-order valence-electron chi connectivity index (χ3n) is 3.89. The minimum absolute atomic E-state index is 0.211. The number of benzene rings is 1. The second-order valence-electron chi connectivity index (χ2n) is 5.73. The third-order valence-corrected chi connectivity index (χ3v) is 3.89. The number of hydrogen-bond acceptors (Lipinski definition) is 4. The average Bonchev–Trinajstić information content (AvgIpc) is 2.40. The molecule has 2 atom stereocenters. The van der Waals surface area contributed by atoms with Crippen LogP contribution in [0, 0.1) is 21.8 Å². The molecule has 0 aromatic heterocycles. The van der Waals surface area contributed by atoms with Gasteiger partial charge in [-0.05, 0) is 24.8 Å². The van der Waals surface area contributed by atoms with Crippen LogP contribution < -0.4 is 11.1 Å². The maximum Gasteiger partial charge on any atom is 0.271 e. The number of nitro benzene ring substituents is 1. The fraction of sp³-hybridized carbons (Fsp3) is 0.500. The molecule has 114 valence electrons. The molecule has 2 unspecified atom stereocenters. The van der Waals surface area contributed by atoms with E-state index in [0.717, 1.165) is 31.0 Å². The lowest BCUT2D eigenvalue weighted by atomic mass is 9.76. The van der Waals surface area contributed by atoms with E-state index >= 15 is 0 Å². The van der Waals surface area contributed by atoms with E-state index in [-0.39, 0.29) is 11.4 Å². The summed E-state index contributed by atoms with van der Waals surface area (Å²) in [5.74, 6) is -0.890. The van der Waals surface area contributed by atoms with Crippen LogP contribution in [-0.2, 0) is 4.79 Å². The molecule has 0 bridgehead atoms. The van der Waals surface area contributed by atoms with Crippen LogP contribution in [0.1, 0.15) is 32.6 Å². The van der Waals surface area contributed by atoms with E-state index in [1.807, 2.05) is 6.92 Å². The number of amides is 1. The first kappa shape index (κ1) is 15.4. The van der Waals surface area contributed by atoms with Crippen molar-refractivity contribution in [3.63, 3.8) is 0 Å². The minimum atomic E-state index is -1.05. The molecule has 1 saturated carbocycles. The highest BCUT2D eigenvalue weighted by Gasteiger charge is 2.38. The third kappa shape index (κ3) is 3.36. The van der Waals surface area contributed by atoms with Crippen molar-refractivity contribution in [3.05, 3.63) is 34.1 Å². The van der Waals surface area contributed by atoms with E-state index in [2.05, 4.69) is 5.32 Å². The van der Waals surface area contributed by atoms with Gasteiger partial charge in [0.25, 0.3) is 5.69 Å². The molecule has 1 aliphatic carbocycles. The predicted octanol–water partition coefficient (Wildman–Crippen LogP) is 2.58.